The number of nitrogens with zero attached hydrogens (tertiary/aromatic N) is 2. The lowest BCUT2D eigenvalue weighted by Gasteiger charge is -2.14. The van der Waals surface area contributed by atoms with E-state index in [0.717, 1.165) is 16.1 Å². The van der Waals surface area contributed by atoms with Crippen molar-refractivity contribution in [3.8, 4) is 11.5 Å². The van der Waals surface area contributed by atoms with Crippen molar-refractivity contribution >= 4 is 11.6 Å². The first kappa shape index (κ1) is 14.8. The Morgan fingerprint density at radius 1 is 1.05 bits per heavy atom. The highest BCUT2D eigenvalue weighted by molar-refractivity contribution is 6.31. The SMILES string of the molecule is CC(NCc1nnc(-c2ccccc2)o1)c1ccccc1Cl. The lowest BCUT2D eigenvalue weighted by atomic mass is 10.1. The van der Waals surface area contributed by atoms with E-state index in [1.54, 1.807) is 0 Å². The largest absolute Gasteiger partial charge is 0.419 e. The second-order valence-electron chi connectivity index (χ2n) is 4.99. The summed E-state index contributed by atoms with van der Waals surface area (Å²) in [5.74, 6) is 1.08. The summed E-state index contributed by atoms with van der Waals surface area (Å²) >= 11 is 6.19. The topological polar surface area (TPSA) is 51.0 Å². The van der Waals surface area contributed by atoms with Crippen LogP contribution in [0.25, 0.3) is 11.5 Å². The summed E-state index contributed by atoms with van der Waals surface area (Å²) in [5, 5.41) is 12.2. The highest BCUT2D eigenvalue weighted by Gasteiger charge is 2.12. The molecule has 0 amide bonds. The third kappa shape index (κ3) is 3.35. The predicted molar refractivity (Wildman–Crippen MR) is 86.4 cm³/mol. The van der Waals surface area contributed by atoms with Gasteiger partial charge in [0.2, 0.25) is 11.8 Å². The van der Waals surface area contributed by atoms with Crippen molar-refractivity contribution in [3.63, 3.8) is 0 Å². The summed E-state index contributed by atoms with van der Waals surface area (Å²) in [4.78, 5) is 0. The van der Waals surface area contributed by atoms with Crippen molar-refractivity contribution in [2.75, 3.05) is 0 Å². The Labute approximate surface area is 134 Å². The van der Waals surface area contributed by atoms with Crippen LogP contribution in [0.3, 0.4) is 0 Å². The minimum Gasteiger partial charge on any atom is -0.419 e. The standard InChI is InChI=1S/C17H16ClN3O/c1-12(14-9-5-6-10-15(14)18)19-11-16-20-21-17(22-16)13-7-3-2-4-8-13/h2-10,12,19H,11H2,1H3. The highest BCUT2D eigenvalue weighted by Crippen LogP contribution is 2.22. The zero-order valence-corrected chi connectivity index (χ0v) is 12.9. The van der Waals surface area contributed by atoms with E-state index in [0.29, 0.717) is 18.3 Å². The van der Waals surface area contributed by atoms with Gasteiger partial charge in [-0.1, -0.05) is 48.0 Å². The van der Waals surface area contributed by atoms with Crippen molar-refractivity contribution in [1.82, 2.24) is 15.5 Å². The van der Waals surface area contributed by atoms with Crippen LogP contribution >= 0.6 is 11.6 Å². The number of nitrogens with one attached hydrogen (secondary N) is 1. The van der Waals surface area contributed by atoms with Crippen LogP contribution in [0.15, 0.2) is 59.0 Å². The van der Waals surface area contributed by atoms with Gasteiger partial charge in [0.15, 0.2) is 0 Å². The van der Waals surface area contributed by atoms with Crippen molar-refractivity contribution in [3.05, 3.63) is 71.1 Å². The maximum atomic E-state index is 6.19. The molecule has 22 heavy (non-hydrogen) atoms. The van der Waals surface area contributed by atoms with E-state index in [4.69, 9.17) is 16.0 Å². The average molecular weight is 314 g/mol. The number of rotatable bonds is 5. The maximum Gasteiger partial charge on any atom is 0.247 e. The molecule has 4 nitrogen and oxygen atoms in total. The van der Waals surface area contributed by atoms with Gasteiger partial charge in [0.1, 0.15) is 0 Å². The van der Waals surface area contributed by atoms with Crippen LogP contribution in [-0.2, 0) is 6.54 Å². The van der Waals surface area contributed by atoms with Crippen molar-refractivity contribution < 1.29 is 4.42 Å². The third-order valence-electron chi connectivity index (χ3n) is 3.42. The molecular weight excluding hydrogens is 298 g/mol. The van der Waals surface area contributed by atoms with Crippen LogP contribution in [0, 0.1) is 0 Å². The average Bonchev–Trinajstić information content (AvgIpc) is 3.03. The Morgan fingerprint density at radius 2 is 1.77 bits per heavy atom. The number of halogens is 1. The minimum atomic E-state index is 0.0979. The predicted octanol–water partition coefficient (Wildman–Crippen LogP) is 4.24. The molecule has 0 spiro atoms. The van der Waals surface area contributed by atoms with Crippen LogP contribution in [0.2, 0.25) is 5.02 Å². The molecule has 1 atom stereocenters. The quantitative estimate of drug-likeness (QED) is 0.765. The molecule has 3 rings (SSSR count). The van der Waals surface area contributed by atoms with Crippen LogP contribution < -0.4 is 5.32 Å². The summed E-state index contributed by atoms with van der Waals surface area (Å²) in [6.45, 7) is 2.54. The molecule has 0 aliphatic heterocycles. The van der Waals surface area contributed by atoms with Crippen LogP contribution in [0.5, 0.6) is 0 Å². The molecule has 5 heteroatoms. The molecule has 0 aliphatic rings. The lowest BCUT2D eigenvalue weighted by Crippen LogP contribution is -2.18. The summed E-state index contributed by atoms with van der Waals surface area (Å²) < 4.78 is 5.67. The van der Waals surface area contributed by atoms with E-state index >= 15 is 0 Å². The molecule has 2 aromatic carbocycles. The van der Waals surface area contributed by atoms with Crippen LogP contribution in [0.1, 0.15) is 24.4 Å². The Balaban J connectivity index is 1.65. The monoisotopic (exact) mass is 313 g/mol. The molecule has 1 aromatic heterocycles. The van der Waals surface area contributed by atoms with Gasteiger partial charge in [-0.05, 0) is 30.7 Å². The number of hydrogen-bond acceptors (Lipinski definition) is 4. The second-order valence-corrected chi connectivity index (χ2v) is 5.40. The first-order chi connectivity index (χ1) is 10.7. The van der Waals surface area contributed by atoms with E-state index < -0.39 is 0 Å². The number of benzene rings is 2. The minimum absolute atomic E-state index is 0.0979. The molecule has 1 N–H and O–H groups in total. The first-order valence-corrected chi connectivity index (χ1v) is 7.47. The van der Waals surface area contributed by atoms with E-state index in [1.807, 2.05) is 54.6 Å². The van der Waals surface area contributed by atoms with Gasteiger partial charge in [0.05, 0.1) is 6.54 Å². The van der Waals surface area contributed by atoms with Gasteiger partial charge >= 0.3 is 0 Å². The van der Waals surface area contributed by atoms with E-state index in [9.17, 15) is 0 Å². The van der Waals surface area contributed by atoms with E-state index in [2.05, 4.69) is 22.4 Å². The maximum absolute atomic E-state index is 6.19. The number of hydrogen-bond donors (Lipinski definition) is 1. The van der Waals surface area contributed by atoms with Gasteiger partial charge in [-0.15, -0.1) is 10.2 Å². The van der Waals surface area contributed by atoms with Crippen LogP contribution in [0.4, 0.5) is 0 Å². The Morgan fingerprint density at radius 3 is 2.55 bits per heavy atom. The first-order valence-electron chi connectivity index (χ1n) is 7.09. The molecule has 112 valence electrons. The van der Waals surface area contributed by atoms with Gasteiger partial charge in [-0.2, -0.15) is 0 Å². The Bertz CT molecular complexity index is 742. The molecule has 0 radical (unpaired) electrons. The summed E-state index contributed by atoms with van der Waals surface area (Å²) in [7, 11) is 0. The normalized spacial score (nSPS) is 12.3. The van der Waals surface area contributed by atoms with E-state index in [1.165, 1.54) is 0 Å². The molecule has 0 saturated carbocycles. The molecule has 1 heterocycles. The molecule has 0 saturated heterocycles. The van der Waals surface area contributed by atoms with Gasteiger partial charge < -0.3 is 9.73 Å². The molecule has 0 fully saturated rings. The van der Waals surface area contributed by atoms with E-state index in [-0.39, 0.29) is 6.04 Å². The highest BCUT2D eigenvalue weighted by atomic mass is 35.5. The fraction of sp³-hybridized carbons (Fsp3) is 0.176. The summed E-state index contributed by atoms with van der Waals surface area (Å²) in [6.07, 6.45) is 0. The summed E-state index contributed by atoms with van der Waals surface area (Å²) in [5.41, 5.74) is 1.97. The third-order valence-corrected chi connectivity index (χ3v) is 3.76. The fourth-order valence-corrected chi connectivity index (χ4v) is 2.50. The Kier molecular flexibility index (Phi) is 4.51. The molecule has 0 aliphatic carbocycles. The van der Waals surface area contributed by atoms with Gasteiger partial charge in [0.25, 0.3) is 0 Å². The zero-order chi connectivity index (χ0) is 15.4. The van der Waals surface area contributed by atoms with Gasteiger partial charge in [0, 0.05) is 16.6 Å². The van der Waals surface area contributed by atoms with Crippen LogP contribution in [-0.4, -0.2) is 10.2 Å². The molecule has 0 bridgehead atoms. The van der Waals surface area contributed by atoms with Gasteiger partial charge in [-0.3, -0.25) is 0 Å². The smallest absolute Gasteiger partial charge is 0.247 e. The van der Waals surface area contributed by atoms with Crippen molar-refractivity contribution in [2.24, 2.45) is 0 Å². The molecule has 3 aromatic rings. The molecule has 1 unspecified atom stereocenters. The number of aromatic nitrogens is 2. The zero-order valence-electron chi connectivity index (χ0n) is 12.2. The fourth-order valence-electron chi connectivity index (χ4n) is 2.20. The second kappa shape index (κ2) is 6.73. The molecular formula is C17H16ClN3O. The Hall–Kier alpha value is -2.17. The van der Waals surface area contributed by atoms with Crippen molar-refractivity contribution in [1.29, 1.82) is 0 Å². The lowest BCUT2D eigenvalue weighted by molar-refractivity contribution is 0.454. The summed E-state index contributed by atoms with van der Waals surface area (Å²) in [6, 6.07) is 17.6. The van der Waals surface area contributed by atoms with Crippen molar-refractivity contribution in [2.45, 2.75) is 19.5 Å². The van der Waals surface area contributed by atoms with Gasteiger partial charge in [-0.25, -0.2) is 0 Å².